The predicted molar refractivity (Wildman–Crippen MR) is 82.7 cm³/mol. The number of halogens is 1. The molecule has 0 unspecified atom stereocenters. The van der Waals surface area contributed by atoms with E-state index in [0.717, 1.165) is 10.0 Å². The highest BCUT2D eigenvalue weighted by Gasteiger charge is 2.09. The lowest BCUT2D eigenvalue weighted by Gasteiger charge is -2.09. The average Bonchev–Trinajstić information content (AvgIpc) is 2.45. The van der Waals surface area contributed by atoms with Crippen LogP contribution in [-0.2, 0) is 6.54 Å². The van der Waals surface area contributed by atoms with Crippen molar-refractivity contribution >= 4 is 27.5 Å². The topological polar surface area (TPSA) is 64.3 Å². The third-order valence-corrected chi connectivity index (χ3v) is 3.60. The van der Waals surface area contributed by atoms with Gasteiger partial charge in [0.25, 0.3) is 5.91 Å². The molecule has 0 aromatic heterocycles. The van der Waals surface area contributed by atoms with E-state index < -0.39 is 0 Å². The van der Waals surface area contributed by atoms with E-state index in [2.05, 4.69) is 21.2 Å². The molecule has 0 aliphatic rings. The molecule has 2 aromatic carbocycles. The number of carbonyl (C=O) groups is 1. The van der Waals surface area contributed by atoms with Crippen LogP contribution in [0.1, 0.15) is 15.9 Å². The molecule has 0 saturated carbocycles. The molecule has 4 nitrogen and oxygen atoms in total. The van der Waals surface area contributed by atoms with Gasteiger partial charge in [-0.2, -0.15) is 0 Å². The van der Waals surface area contributed by atoms with Gasteiger partial charge in [-0.25, -0.2) is 0 Å². The molecule has 0 bridgehead atoms. The van der Waals surface area contributed by atoms with Crippen molar-refractivity contribution in [2.45, 2.75) is 6.54 Å². The van der Waals surface area contributed by atoms with Gasteiger partial charge in [-0.1, -0.05) is 34.1 Å². The number of hydrogen-bond donors (Lipinski definition) is 2. The van der Waals surface area contributed by atoms with E-state index in [1.54, 1.807) is 18.2 Å². The van der Waals surface area contributed by atoms with Crippen molar-refractivity contribution in [2.24, 2.45) is 0 Å². The van der Waals surface area contributed by atoms with Gasteiger partial charge in [0.1, 0.15) is 5.75 Å². The summed E-state index contributed by atoms with van der Waals surface area (Å²) in [5.74, 6) is 0.377. The first kappa shape index (κ1) is 14.4. The Kier molecular flexibility index (Phi) is 4.63. The van der Waals surface area contributed by atoms with Crippen LogP contribution in [0.3, 0.4) is 0 Å². The average molecular weight is 335 g/mol. The molecule has 2 rings (SSSR count). The monoisotopic (exact) mass is 334 g/mol. The van der Waals surface area contributed by atoms with Gasteiger partial charge in [0, 0.05) is 28.3 Å². The maximum Gasteiger partial charge on any atom is 0.251 e. The Morgan fingerprint density at radius 2 is 2.05 bits per heavy atom. The number of anilines is 1. The van der Waals surface area contributed by atoms with E-state index >= 15 is 0 Å². The van der Waals surface area contributed by atoms with Crippen LogP contribution in [0.25, 0.3) is 0 Å². The molecule has 0 atom stereocenters. The molecule has 0 spiro atoms. The second kappa shape index (κ2) is 6.43. The zero-order valence-corrected chi connectivity index (χ0v) is 12.6. The van der Waals surface area contributed by atoms with Crippen LogP contribution in [0.15, 0.2) is 46.9 Å². The summed E-state index contributed by atoms with van der Waals surface area (Å²) < 4.78 is 6.06. The summed E-state index contributed by atoms with van der Waals surface area (Å²) in [6.07, 6.45) is 0. The minimum atomic E-state index is -0.189. The lowest BCUT2D eigenvalue weighted by atomic mass is 10.1. The number of nitrogens with one attached hydrogen (secondary N) is 1. The largest absolute Gasteiger partial charge is 0.497 e. The molecule has 0 aliphatic heterocycles. The van der Waals surface area contributed by atoms with Gasteiger partial charge in [-0.15, -0.1) is 0 Å². The summed E-state index contributed by atoms with van der Waals surface area (Å²) in [7, 11) is 1.54. The van der Waals surface area contributed by atoms with E-state index in [-0.39, 0.29) is 5.91 Å². The molecule has 0 aliphatic carbocycles. The van der Waals surface area contributed by atoms with Crippen molar-refractivity contribution in [3.05, 3.63) is 58.1 Å². The van der Waals surface area contributed by atoms with Crippen LogP contribution >= 0.6 is 15.9 Å². The minimum absolute atomic E-state index is 0.189. The first-order chi connectivity index (χ1) is 9.60. The quantitative estimate of drug-likeness (QED) is 0.845. The summed E-state index contributed by atoms with van der Waals surface area (Å²) in [5.41, 5.74) is 7.72. The Bertz CT molecular complexity index is 629. The molecule has 0 heterocycles. The summed E-state index contributed by atoms with van der Waals surface area (Å²) in [4.78, 5) is 12.1. The molecule has 104 valence electrons. The highest BCUT2D eigenvalue weighted by atomic mass is 79.9. The Morgan fingerprint density at radius 1 is 1.30 bits per heavy atom. The van der Waals surface area contributed by atoms with E-state index in [1.165, 1.54) is 7.11 Å². The number of rotatable bonds is 4. The minimum Gasteiger partial charge on any atom is -0.497 e. The van der Waals surface area contributed by atoms with Crippen LogP contribution in [0.5, 0.6) is 5.75 Å². The number of benzene rings is 2. The first-order valence-corrected chi connectivity index (χ1v) is 6.85. The Hall–Kier alpha value is -2.01. The number of nitrogen functional groups attached to an aromatic ring is 1. The Balaban J connectivity index is 2.09. The SMILES string of the molecule is COc1cc(N)cc(C(=O)NCc2ccccc2Br)c1. The van der Waals surface area contributed by atoms with Gasteiger partial charge in [-0.05, 0) is 23.8 Å². The van der Waals surface area contributed by atoms with E-state index in [1.807, 2.05) is 24.3 Å². The van der Waals surface area contributed by atoms with Gasteiger partial charge in [0.2, 0.25) is 0 Å². The summed E-state index contributed by atoms with van der Waals surface area (Å²) in [6, 6.07) is 12.7. The van der Waals surface area contributed by atoms with Crippen molar-refractivity contribution in [3.63, 3.8) is 0 Å². The molecular formula is C15H15BrN2O2. The maximum atomic E-state index is 12.1. The van der Waals surface area contributed by atoms with Crippen LogP contribution in [-0.4, -0.2) is 13.0 Å². The van der Waals surface area contributed by atoms with Gasteiger partial charge < -0.3 is 15.8 Å². The zero-order chi connectivity index (χ0) is 14.5. The summed E-state index contributed by atoms with van der Waals surface area (Å²) in [5, 5.41) is 2.85. The number of hydrogen-bond acceptors (Lipinski definition) is 3. The Morgan fingerprint density at radius 3 is 2.75 bits per heavy atom. The van der Waals surface area contributed by atoms with Crippen LogP contribution < -0.4 is 15.8 Å². The lowest BCUT2D eigenvalue weighted by Crippen LogP contribution is -2.23. The van der Waals surface area contributed by atoms with Gasteiger partial charge in [-0.3, -0.25) is 4.79 Å². The number of methoxy groups -OCH3 is 1. The van der Waals surface area contributed by atoms with Crippen molar-refractivity contribution in [1.29, 1.82) is 0 Å². The van der Waals surface area contributed by atoms with E-state index in [4.69, 9.17) is 10.5 Å². The van der Waals surface area contributed by atoms with Crippen LogP contribution in [0, 0.1) is 0 Å². The van der Waals surface area contributed by atoms with Gasteiger partial charge in [0.15, 0.2) is 0 Å². The molecule has 0 saturated heterocycles. The molecule has 0 fully saturated rings. The first-order valence-electron chi connectivity index (χ1n) is 6.06. The Labute approximate surface area is 126 Å². The third kappa shape index (κ3) is 3.51. The van der Waals surface area contributed by atoms with E-state index in [9.17, 15) is 4.79 Å². The molecule has 2 aromatic rings. The van der Waals surface area contributed by atoms with Crippen LogP contribution in [0.4, 0.5) is 5.69 Å². The standard InChI is InChI=1S/C15H15BrN2O2/c1-20-13-7-11(6-12(17)8-13)15(19)18-9-10-4-2-3-5-14(10)16/h2-8H,9,17H2,1H3,(H,18,19). The lowest BCUT2D eigenvalue weighted by molar-refractivity contribution is 0.0950. The van der Waals surface area contributed by atoms with Crippen molar-refractivity contribution < 1.29 is 9.53 Å². The smallest absolute Gasteiger partial charge is 0.251 e. The highest BCUT2D eigenvalue weighted by molar-refractivity contribution is 9.10. The van der Waals surface area contributed by atoms with Crippen molar-refractivity contribution in [3.8, 4) is 5.75 Å². The fraction of sp³-hybridized carbons (Fsp3) is 0.133. The predicted octanol–water partition coefficient (Wildman–Crippen LogP) is 2.97. The molecule has 0 radical (unpaired) electrons. The zero-order valence-electron chi connectivity index (χ0n) is 11.0. The number of ether oxygens (including phenoxy) is 1. The normalized spacial score (nSPS) is 10.1. The highest BCUT2D eigenvalue weighted by Crippen LogP contribution is 2.19. The fourth-order valence-corrected chi connectivity index (χ4v) is 2.22. The number of carbonyl (C=O) groups excluding carboxylic acids is 1. The third-order valence-electron chi connectivity index (χ3n) is 2.82. The maximum absolute atomic E-state index is 12.1. The molecule has 1 amide bonds. The molecular weight excluding hydrogens is 320 g/mol. The summed E-state index contributed by atoms with van der Waals surface area (Å²) >= 11 is 3.45. The second-order valence-electron chi connectivity index (χ2n) is 4.27. The van der Waals surface area contributed by atoms with Crippen LogP contribution in [0.2, 0.25) is 0 Å². The number of amides is 1. The fourth-order valence-electron chi connectivity index (χ4n) is 1.79. The second-order valence-corrected chi connectivity index (χ2v) is 5.12. The molecule has 5 heteroatoms. The summed E-state index contributed by atoms with van der Waals surface area (Å²) in [6.45, 7) is 0.442. The number of nitrogens with two attached hydrogens (primary N) is 1. The molecule has 3 N–H and O–H groups in total. The van der Waals surface area contributed by atoms with Gasteiger partial charge >= 0.3 is 0 Å². The van der Waals surface area contributed by atoms with Gasteiger partial charge in [0.05, 0.1) is 7.11 Å². The van der Waals surface area contributed by atoms with Crippen molar-refractivity contribution in [2.75, 3.05) is 12.8 Å². The molecule has 20 heavy (non-hydrogen) atoms. The van der Waals surface area contributed by atoms with E-state index in [0.29, 0.717) is 23.5 Å². The van der Waals surface area contributed by atoms with Crippen molar-refractivity contribution in [1.82, 2.24) is 5.32 Å².